The van der Waals surface area contributed by atoms with Gasteiger partial charge < -0.3 is 14.8 Å². The van der Waals surface area contributed by atoms with Gasteiger partial charge in [-0.25, -0.2) is 0 Å². The Morgan fingerprint density at radius 3 is 2.89 bits per heavy atom. The summed E-state index contributed by atoms with van der Waals surface area (Å²) in [6.45, 7) is 1.92. The van der Waals surface area contributed by atoms with E-state index in [1.54, 1.807) is 0 Å². The third-order valence-corrected chi connectivity index (χ3v) is 3.18. The van der Waals surface area contributed by atoms with E-state index in [-0.39, 0.29) is 17.9 Å². The van der Waals surface area contributed by atoms with Gasteiger partial charge in [0.2, 0.25) is 0 Å². The first-order valence-corrected chi connectivity index (χ1v) is 6.22. The number of hydrogen-bond donors (Lipinski definition) is 1. The average molecular weight is 249 g/mol. The van der Waals surface area contributed by atoms with Gasteiger partial charge in [0.15, 0.2) is 0 Å². The van der Waals surface area contributed by atoms with Gasteiger partial charge in [-0.2, -0.15) is 0 Å². The van der Waals surface area contributed by atoms with Crippen molar-refractivity contribution in [3.8, 4) is 0 Å². The molecule has 98 valence electrons. The van der Waals surface area contributed by atoms with Crippen molar-refractivity contribution in [3.63, 3.8) is 0 Å². The second-order valence-electron chi connectivity index (χ2n) is 4.56. The Morgan fingerprint density at radius 1 is 1.39 bits per heavy atom. The molecule has 0 spiro atoms. The van der Waals surface area contributed by atoms with Crippen LogP contribution >= 0.6 is 0 Å². The molecule has 0 amide bonds. The third kappa shape index (κ3) is 3.55. The second-order valence-corrected chi connectivity index (χ2v) is 4.56. The molecule has 1 N–H and O–H groups in total. The molecular weight excluding hydrogens is 230 g/mol. The highest BCUT2D eigenvalue weighted by Gasteiger charge is 2.28. The summed E-state index contributed by atoms with van der Waals surface area (Å²) >= 11 is 0. The molecule has 4 nitrogen and oxygen atoms in total. The van der Waals surface area contributed by atoms with Crippen molar-refractivity contribution in [3.05, 3.63) is 35.9 Å². The molecule has 2 rings (SSSR count). The summed E-state index contributed by atoms with van der Waals surface area (Å²) in [5.41, 5.74) is 1.23. The topological polar surface area (TPSA) is 47.6 Å². The minimum absolute atomic E-state index is 0.142. The number of hydrogen-bond acceptors (Lipinski definition) is 4. The number of benzene rings is 1. The Morgan fingerprint density at radius 2 is 2.17 bits per heavy atom. The smallest absolute Gasteiger partial charge is 0.311 e. The monoisotopic (exact) mass is 249 g/mol. The van der Waals surface area contributed by atoms with Gasteiger partial charge in [-0.1, -0.05) is 30.3 Å². The molecule has 1 saturated heterocycles. The maximum absolute atomic E-state index is 11.5. The third-order valence-electron chi connectivity index (χ3n) is 3.18. The SMILES string of the molecule is COC(=O)[C@H]1COC[C@H](NCc2ccccc2)C1. The van der Waals surface area contributed by atoms with Crippen molar-refractivity contribution in [1.29, 1.82) is 0 Å². The van der Waals surface area contributed by atoms with E-state index in [1.807, 2.05) is 18.2 Å². The van der Waals surface area contributed by atoms with Crippen molar-refractivity contribution in [2.45, 2.75) is 19.0 Å². The highest BCUT2D eigenvalue weighted by Crippen LogP contribution is 2.16. The lowest BCUT2D eigenvalue weighted by Gasteiger charge is -2.28. The molecule has 1 aliphatic rings. The van der Waals surface area contributed by atoms with E-state index >= 15 is 0 Å². The zero-order chi connectivity index (χ0) is 12.8. The van der Waals surface area contributed by atoms with Crippen LogP contribution in [0.5, 0.6) is 0 Å². The van der Waals surface area contributed by atoms with Gasteiger partial charge in [0.25, 0.3) is 0 Å². The van der Waals surface area contributed by atoms with E-state index in [9.17, 15) is 4.79 Å². The molecule has 0 unspecified atom stereocenters. The summed E-state index contributed by atoms with van der Waals surface area (Å²) in [7, 11) is 1.42. The van der Waals surface area contributed by atoms with Crippen molar-refractivity contribution in [2.75, 3.05) is 20.3 Å². The van der Waals surface area contributed by atoms with Gasteiger partial charge in [0, 0.05) is 12.6 Å². The van der Waals surface area contributed by atoms with Crippen LogP contribution in [0, 0.1) is 5.92 Å². The lowest BCUT2D eigenvalue weighted by molar-refractivity contribution is -0.150. The minimum Gasteiger partial charge on any atom is -0.469 e. The molecule has 0 saturated carbocycles. The first kappa shape index (κ1) is 13.1. The number of nitrogens with one attached hydrogen (secondary N) is 1. The largest absolute Gasteiger partial charge is 0.469 e. The highest BCUT2D eigenvalue weighted by atomic mass is 16.5. The Bertz CT molecular complexity index is 380. The van der Waals surface area contributed by atoms with E-state index < -0.39 is 0 Å². The summed E-state index contributed by atoms with van der Waals surface area (Å²) in [6.07, 6.45) is 0.777. The van der Waals surface area contributed by atoms with Crippen LogP contribution in [-0.4, -0.2) is 32.3 Å². The number of ether oxygens (including phenoxy) is 2. The van der Waals surface area contributed by atoms with Crippen LogP contribution in [0.4, 0.5) is 0 Å². The quantitative estimate of drug-likeness (QED) is 0.818. The molecule has 2 atom stereocenters. The molecule has 1 aromatic carbocycles. The Hall–Kier alpha value is -1.39. The number of esters is 1. The lowest BCUT2D eigenvalue weighted by Crippen LogP contribution is -2.42. The zero-order valence-electron chi connectivity index (χ0n) is 10.6. The molecule has 0 aliphatic carbocycles. The van der Waals surface area contributed by atoms with Crippen LogP contribution in [0.25, 0.3) is 0 Å². The molecule has 0 bridgehead atoms. The van der Waals surface area contributed by atoms with E-state index in [4.69, 9.17) is 9.47 Å². The van der Waals surface area contributed by atoms with Crippen molar-refractivity contribution >= 4 is 5.97 Å². The number of methoxy groups -OCH3 is 1. The molecule has 0 radical (unpaired) electrons. The molecular formula is C14H19NO3. The van der Waals surface area contributed by atoms with Gasteiger partial charge in [0.1, 0.15) is 0 Å². The van der Waals surface area contributed by atoms with E-state index in [0.717, 1.165) is 13.0 Å². The fourth-order valence-electron chi connectivity index (χ4n) is 2.16. The Balaban J connectivity index is 1.81. The molecule has 4 heteroatoms. The fourth-order valence-corrected chi connectivity index (χ4v) is 2.16. The summed E-state index contributed by atoms with van der Waals surface area (Å²) in [5.74, 6) is -0.321. The fraction of sp³-hybridized carbons (Fsp3) is 0.500. The average Bonchev–Trinajstić information content (AvgIpc) is 2.45. The van der Waals surface area contributed by atoms with Crippen LogP contribution in [0.1, 0.15) is 12.0 Å². The van der Waals surface area contributed by atoms with Crippen molar-refractivity contribution < 1.29 is 14.3 Å². The number of rotatable bonds is 4. The molecule has 0 aromatic heterocycles. The molecule has 1 aliphatic heterocycles. The van der Waals surface area contributed by atoms with Gasteiger partial charge in [0.05, 0.1) is 26.2 Å². The summed E-state index contributed by atoms with van der Waals surface area (Å²) in [4.78, 5) is 11.5. The predicted octanol–water partition coefficient (Wildman–Crippen LogP) is 1.35. The Kier molecular flexibility index (Phi) is 4.73. The van der Waals surface area contributed by atoms with Gasteiger partial charge >= 0.3 is 5.97 Å². The second kappa shape index (κ2) is 6.52. The molecule has 1 heterocycles. The molecule has 1 aromatic rings. The van der Waals surface area contributed by atoms with Crippen LogP contribution in [0.3, 0.4) is 0 Å². The summed E-state index contributed by atoms with van der Waals surface area (Å²) in [5, 5.41) is 3.41. The first-order chi connectivity index (χ1) is 8.79. The van der Waals surface area contributed by atoms with E-state index in [1.165, 1.54) is 12.7 Å². The van der Waals surface area contributed by atoms with Crippen LogP contribution in [0.15, 0.2) is 30.3 Å². The summed E-state index contributed by atoms with van der Waals surface area (Å²) < 4.78 is 10.2. The van der Waals surface area contributed by atoms with Gasteiger partial charge in [-0.15, -0.1) is 0 Å². The van der Waals surface area contributed by atoms with Crippen LogP contribution in [0.2, 0.25) is 0 Å². The van der Waals surface area contributed by atoms with E-state index in [2.05, 4.69) is 17.4 Å². The Labute approximate surface area is 107 Å². The van der Waals surface area contributed by atoms with E-state index in [0.29, 0.717) is 13.2 Å². The normalized spacial score (nSPS) is 23.6. The van der Waals surface area contributed by atoms with Gasteiger partial charge in [-0.3, -0.25) is 4.79 Å². The maximum atomic E-state index is 11.5. The summed E-state index contributed by atoms with van der Waals surface area (Å²) in [6, 6.07) is 10.4. The first-order valence-electron chi connectivity index (χ1n) is 6.22. The molecule has 18 heavy (non-hydrogen) atoms. The number of carbonyl (C=O) groups excluding carboxylic acids is 1. The van der Waals surface area contributed by atoms with Crippen molar-refractivity contribution in [2.24, 2.45) is 5.92 Å². The maximum Gasteiger partial charge on any atom is 0.311 e. The molecule has 1 fully saturated rings. The predicted molar refractivity (Wildman–Crippen MR) is 68.0 cm³/mol. The number of carbonyl (C=O) groups is 1. The van der Waals surface area contributed by atoms with Crippen molar-refractivity contribution in [1.82, 2.24) is 5.32 Å². The van der Waals surface area contributed by atoms with Crippen LogP contribution < -0.4 is 5.32 Å². The van der Waals surface area contributed by atoms with Crippen LogP contribution in [-0.2, 0) is 20.8 Å². The lowest BCUT2D eigenvalue weighted by atomic mass is 9.98. The minimum atomic E-state index is -0.179. The highest BCUT2D eigenvalue weighted by molar-refractivity contribution is 5.72. The standard InChI is InChI=1S/C14H19NO3/c1-17-14(16)12-7-13(10-18-9-12)15-8-11-5-3-2-4-6-11/h2-6,12-13,15H,7-10H2,1H3/t12-,13-/m1/s1. The van der Waals surface area contributed by atoms with Gasteiger partial charge in [-0.05, 0) is 12.0 Å². The zero-order valence-corrected chi connectivity index (χ0v) is 10.6.